The van der Waals surface area contributed by atoms with Crippen LogP contribution in [0.5, 0.6) is 11.5 Å². The van der Waals surface area contributed by atoms with Crippen molar-refractivity contribution in [3.05, 3.63) is 105 Å². The molecule has 4 aromatic carbocycles. The quantitative estimate of drug-likeness (QED) is 0.215. The second-order valence-electron chi connectivity index (χ2n) is 19.7. The summed E-state index contributed by atoms with van der Waals surface area (Å²) in [5, 5.41) is 0. The van der Waals surface area contributed by atoms with Gasteiger partial charge in [-0.05, 0) is 89.4 Å². The molecule has 0 radical (unpaired) electrons. The molecule has 0 spiro atoms. The molecule has 0 fully saturated rings. The Morgan fingerprint density at radius 2 is 0.681 bits per heavy atom. The molecule has 0 unspecified atom stereocenters. The Morgan fingerprint density at radius 1 is 0.383 bits per heavy atom. The standard InChI is InChI=1S/C46H58O/c1-41(2,3)27-17-19-31-33(21-27)45(13,14)35-23-29(43(7,8)9)25-37(39(31)35)47-38-26-30(44(10,11)12)24-36-40(38)32-20-18-28(42(4,5)6)22-34(32)46(36,15)16/h17-26H,1-16H3. The third-order valence-electron chi connectivity index (χ3n) is 11.2. The lowest BCUT2D eigenvalue weighted by Gasteiger charge is -2.28. The van der Waals surface area contributed by atoms with E-state index in [9.17, 15) is 0 Å². The molecule has 0 N–H and O–H groups in total. The van der Waals surface area contributed by atoms with Crippen molar-refractivity contribution in [1.29, 1.82) is 0 Å². The first-order valence-corrected chi connectivity index (χ1v) is 17.7. The van der Waals surface area contributed by atoms with Gasteiger partial charge in [-0.1, -0.05) is 159 Å². The smallest absolute Gasteiger partial charge is 0.135 e. The second kappa shape index (κ2) is 10.1. The maximum absolute atomic E-state index is 7.43. The number of rotatable bonds is 2. The van der Waals surface area contributed by atoms with Crippen LogP contribution in [0.15, 0.2) is 60.7 Å². The SMILES string of the molecule is CC(C)(C)c1ccc2c(c1)C(C)(C)c1cc(C(C)(C)C)cc(Oc3cc(C(C)(C)C)cc4c3-c3ccc(C(C)(C)C)cc3C4(C)C)c1-2. The highest BCUT2D eigenvalue weighted by atomic mass is 16.5. The van der Waals surface area contributed by atoms with Gasteiger partial charge in [0.25, 0.3) is 0 Å². The Bertz CT molecular complexity index is 1780. The van der Waals surface area contributed by atoms with Gasteiger partial charge >= 0.3 is 0 Å². The van der Waals surface area contributed by atoms with E-state index in [0.717, 1.165) is 11.5 Å². The first-order chi connectivity index (χ1) is 21.3. The topological polar surface area (TPSA) is 9.23 Å². The van der Waals surface area contributed by atoms with Gasteiger partial charge in [-0.25, -0.2) is 0 Å². The molecule has 2 aliphatic rings. The van der Waals surface area contributed by atoms with E-state index in [-0.39, 0.29) is 32.5 Å². The number of hydrogen-bond acceptors (Lipinski definition) is 1. The summed E-state index contributed by atoms with van der Waals surface area (Å²) in [6.45, 7) is 37.3. The fraction of sp³-hybridized carbons (Fsp3) is 0.478. The van der Waals surface area contributed by atoms with Crippen LogP contribution < -0.4 is 4.74 Å². The van der Waals surface area contributed by atoms with E-state index in [1.54, 1.807) is 0 Å². The van der Waals surface area contributed by atoms with E-state index in [1.165, 1.54) is 66.8 Å². The molecule has 0 heterocycles. The lowest BCUT2D eigenvalue weighted by atomic mass is 9.77. The van der Waals surface area contributed by atoms with Gasteiger partial charge in [0, 0.05) is 22.0 Å². The van der Waals surface area contributed by atoms with Crippen molar-refractivity contribution >= 4 is 0 Å². The van der Waals surface area contributed by atoms with Crippen LogP contribution in [0.3, 0.4) is 0 Å². The Morgan fingerprint density at radius 3 is 0.979 bits per heavy atom. The normalized spacial score (nSPS) is 16.4. The predicted octanol–water partition coefficient (Wildman–Crippen LogP) is 13.3. The maximum atomic E-state index is 7.43. The summed E-state index contributed by atoms with van der Waals surface area (Å²) < 4.78 is 7.43. The van der Waals surface area contributed by atoms with Gasteiger partial charge in [-0.3, -0.25) is 0 Å². The molecule has 0 atom stereocenters. The van der Waals surface area contributed by atoms with Crippen molar-refractivity contribution in [3.8, 4) is 33.8 Å². The first kappa shape index (κ1) is 33.6. The zero-order chi connectivity index (χ0) is 34.9. The van der Waals surface area contributed by atoms with E-state index >= 15 is 0 Å². The summed E-state index contributed by atoms with van der Waals surface area (Å²) in [5.74, 6) is 1.93. The van der Waals surface area contributed by atoms with Gasteiger partial charge in [0.15, 0.2) is 0 Å². The monoisotopic (exact) mass is 626 g/mol. The lowest BCUT2D eigenvalue weighted by Crippen LogP contribution is -2.19. The molecule has 0 bridgehead atoms. The molecule has 2 aliphatic carbocycles. The molecule has 0 aromatic heterocycles. The van der Waals surface area contributed by atoms with Crippen LogP contribution in [0.1, 0.15) is 155 Å². The molecule has 1 nitrogen and oxygen atoms in total. The summed E-state index contributed by atoms with van der Waals surface area (Å²) in [6, 6.07) is 23.9. The van der Waals surface area contributed by atoms with E-state index in [4.69, 9.17) is 4.74 Å². The molecule has 248 valence electrons. The highest BCUT2D eigenvalue weighted by Crippen LogP contribution is 2.58. The van der Waals surface area contributed by atoms with Gasteiger partial charge in [-0.2, -0.15) is 0 Å². The van der Waals surface area contributed by atoms with E-state index < -0.39 is 0 Å². The largest absolute Gasteiger partial charge is 0.456 e. The molecule has 0 aliphatic heterocycles. The van der Waals surface area contributed by atoms with Crippen molar-refractivity contribution in [2.24, 2.45) is 0 Å². The lowest BCUT2D eigenvalue weighted by molar-refractivity contribution is 0.475. The van der Waals surface area contributed by atoms with Gasteiger partial charge < -0.3 is 4.74 Å². The third-order valence-corrected chi connectivity index (χ3v) is 11.2. The van der Waals surface area contributed by atoms with Crippen molar-refractivity contribution in [1.82, 2.24) is 0 Å². The predicted molar refractivity (Wildman–Crippen MR) is 203 cm³/mol. The number of benzene rings is 4. The Balaban J connectivity index is 1.64. The molecule has 0 saturated carbocycles. The molecule has 4 aromatic rings. The van der Waals surface area contributed by atoms with Crippen molar-refractivity contribution in [2.75, 3.05) is 0 Å². The highest BCUT2D eigenvalue weighted by Gasteiger charge is 2.42. The highest BCUT2D eigenvalue weighted by molar-refractivity contribution is 5.89. The molecule has 6 rings (SSSR count). The zero-order valence-electron chi connectivity index (χ0n) is 32.2. The summed E-state index contributed by atoms with van der Waals surface area (Å²) >= 11 is 0. The van der Waals surface area contributed by atoms with Crippen LogP contribution in [0.25, 0.3) is 22.3 Å². The minimum Gasteiger partial charge on any atom is -0.456 e. The zero-order valence-corrected chi connectivity index (χ0v) is 32.2. The molecular formula is C46H58O. The average molecular weight is 627 g/mol. The molecular weight excluding hydrogens is 569 g/mol. The van der Waals surface area contributed by atoms with Gasteiger partial charge in [0.05, 0.1) is 0 Å². The van der Waals surface area contributed by atoms with Gasteiger partial charge in [0.1, 0.15) is 11.5 Å². The van der Waals surface area contributed by atoms with Crippen LogP contribution in [-0.4, -0.2) is 0 Å². The molecule has 1 heteroatoms. The van der Waals surface area contributed by atoms with E-state index in [0.29, 0.717) is 0 Å². The van der Waals surface area contributed by atoms with E-state index in [2.05, 4.69) is 171 Å². The van der Waals surface area contributed by atoms with Crippen LogP contribution in [0.2, 0.25) is 0 Å². The van der Waals surface area contributed by atoms with E-state index in [1.807, 2.05) is 0 Å². The Labute approximate surface area is 286 Å². The first-order valence-electron chi connectivity index (χ1n) is 17.7. The molecule has 47 heavy (non-hydrogen) atoms. The Hall–Kier alpha value is -3.32. The molecule has 0 saturated heterocycles. The number of hydrogen-bond donors (Lipinski definition) is 0. The summed E-state index contributed by atoms with van der Waals surface area (Å²) in [6.07, 6.45) is 0. The minimum atomic E-state index is -0.140. The Kier molecular flexibility index (Phi) is 7.22. The fourth-order valence-corrected chi connectivity index (χ4v) is 7.70. The summed E-state index contributed by atoms with van der Waals surface area (Å²) in [5.41, 5.74) is 15.8. The van der Waals surface area contributed by atoms with Crippen LogP contribution in [0, 0.1) is 0 Å². The van der Waals surface area contributed by atoms with Gasteiger partial charge in [0.2, 0.25) is 0 Å². The van der Waals surface area contributed by atoms with Crippen LogP contribution >= 0.6 is 0 Å². The summed E-state index contributed by atoms with van der Waals surface area (Å²) in [4.78, 5) is 0. The molecule has 0 amide bonds. The van der Waals surface area contributed by atoms with Crippen molar-refractivity contribution in [2.45, 2.75) is 143 Å². The van der Waals surface area contributed by atoms with Crippen molar-refractivity contribution < 1.29 is 4.74 Å². The maximum Gasteiger partial charge on any atom is 0.135 e. The van der Waals surface area contributed by atoms with Crippen LogP contribution in [0.4, 0.5) is 0 Å². The third kappa shape index (κ3) is 5.37. The minimum absolute atomic E-state index is 0.0261. The van der Waals surface area contributed by atoms with Crippen molar-refractivity contribution in [3.63, 3.8) is 0 Å². The second-order valence-corrected chi connectivity index (χ2v) is 19.7. The fourth-order valence-electron chi connectivity index (χ4n) is 7.70. The summed E-state index contributed by atoms with van der Waals surface area (Å²) in [7, 11) is 0. The van der Waals surface area contributed by atoms with Gasteiger partial charge in [-0.15, -0.1) is 0 Å². The number of fused-ring (bicyclic) bond motifs is 6. The number of ether oxygens (including phenoxy) is 1. The average Bonchev–Trinajstić information content (AvgIpc) is 3.30. The van der Waals surface area contributed by atoms with Crippen LogP contribution in [-0.2, 0) is 32.5 Å².